The maximum absolute atomic E-state index is 12.2. The Morgan fingerprint density at radius 2 is 1.90 bits per heavy atom. The molecule has 4 rings (SSSR count). The minimum atomic E-state index is -0.865. The Morgan fingerprint density at radius 3 is 2.55 bits per heavy atom. The highest BCUT2D eigenvalue weighted by Crippen LogP contribution is 2.71. The molecule has 0 spiro atoms. The van der Waals surface area contributed by atoms with Gasteiger partial charge in [-0.3, -0.25) is 4.79 Å². The lowest BCUT2D eigenvalue weighted by Gasteiger charge is -2.65. The first kappa shape index (κ1) is 21.3. The first-order valence-corrected chi connectivity index (χ1v) is 11.9. The fraction of sp³-hybridized carbons (Fsp3) is 0.920. The molecule has 4 nitrogen and oxygen atoms in total. The number of hydrogen-bond acceptors (Lipinski definition) is 4. The molecule has 0 aliphatic heterocycles. The standard InChI is InChI=1S/C25H39NO3/c1-5-17-13-20-21-16(2)14-24(28)15-18(27)7-10-22(24,3)19(21)8-11-23(20,4)25(17,29)9-6-12-26/h16-17,19-21,28-29H,5-11,13-15H2,1-4H3/t16-,17?,19?,20?,21?,22?,23?,24?,25-/m0/s1. The summed E-state index contributed by atoms with van der Waals surface area (Å²) in [6.07, 6.45) is 7.39. The van der Waals surface area contributed by atoms with Gasteiger partial charge in [0, 0.05) is 24.7 Å². The van der Waals surface area contributed by atoms with Crippen molar-refractivity contribution in [3.05, 3.63) is 0 Å². The van der Waals surface area contributed by atoms with Gasteiger partial charge in [0.25, 0.3) is 0 Å². The van der Waals surface area contributed by atoms with E-state index in [9.17, 15) is 20.3 Å². The van der Waals surface area contributed by atoms with E-state index in [1.807, 2.05) is 0 Å². The molecule has 0 aromatic rings. The van der Waals surface area contributed by atoms with Crippen LogP contribution in [0, 0.1) is 51.8 Å². The second kappa shape index (κ2) is 6.79. The van der Waals surface area contributed by atoms with Crippen LogP contribution in [0.3, 0.4) is 0 Å². The molecule has 0 radical (unpaired) electrons. The number of rotatable bonds is 3. The van der Waals surface area contributed by atoms with Gasteiger partial charge in [-0.1, -0.05) is 34.1 Å². The van der Waals surface area contributed by atoms with Crippen LogP contribution in [0.5, 0.6) is 0 Å². The number of hydrogen-bond donors (Lipinski definition) is 2. The Kier molecular flexibility index (Phi) is 4.99. The predicted molar refractivity (Wildman–Crippen MR) is 112 cm³/mol. The summed E-state index contributed by atoms with van der Waals surface area (Å²) in [6.45, 7) is 8.99. The molecule has 0 bridgehead atoms. The Labute approximate surface area is 176 Å². The third-order valence-corrected chi connectivity index (χ3v) is 10.6. The van der Waals surface area contributed by atoms with E-state index in [1.54, 1.807) is 0 Å². The van der Waals surface area contributed by atoms with Crippen molar-refractivity contribution < 1.29 is 15.0 Å². The Bertz CT molecular complexity index is 730. The van der Waals surface area contributed by atoms with Crippen molar-refractivity contribution >= 4 is 5.78 Å². The van der Waals surface area contributed by atoms with Crippen molar-refractivity contribution in [1.82, 2.24) is 0 Å². The van der Waals surface area contributed by atoms with E-state index in [4.69, 9.17) is 0 Å². The van der Waals surface area contributed by atoms with Crippen LogP contribution in [-0.4, -0.2) is 27.2 Å². The molecule has 4 aliphatic rings. The highest BCUT2D eigenvalue weighted by molar-refractivity contribution is 5.80. The number of nitriles is 1. The zero-order valence-electron chi connectivity index (χ0n) is 18.7. The molecule has 4 fully saturated rings. The number of fused-ring (bicyclic) bond motifs is 5. The van der Waals surface area contributed by atoms with Crippen molar-refractivity contribution in [3.63, 3.8) is 0 Å². The highest BCUT2D eigenvalue weighted by Gasteiger charge is 2.70. The summed E-state index contributed by atoms with van der Waals surface area (Å²) in [5.74, 6) is 2.15. The van der Waals surface area contributed by atoms with Crippen molar-refractivity contribution in [2.45, 2.75) is 103 Å². The number of nitrogens with zero attached hydrogens (tertiary/aromatic N) is 1. The molecule has 2 N–H and O–H groups in total. The van der Waals surface area contributed by atoms with Crippen LogP contribution in [0.2, 0.25) is 0 Å². The van der Waals surface area contributed by atoms with Crippen LogP contribution in [0.4, 0.5) is 0 Å². The first-order chi connectivity index (χ1) is 13.6. The van der Waals surface area contributed by atoms with Crippen molar-refractivity contribution in [3.8, 4) is 6.07 Å². The largest absolute Gasteiger partial charge is 0.389 e. The van der Waals surface area contributed by atoms with Gasteiger partial charge in [0.1, 0.15) is 5.78 Å². The summed E-state index contributed by atoms with van der Waals surface area (Å²) >= 11 is 0. The first-order valence-electron chi connectivity index (χ1n) is 11.9. The summed E-state index contributed by atoms with van der Waals surface area (Å²) < 4.78 is 0. The average molecular weight is 402 g/mol. The summed E-state index contributed by atoms with van der Waals surface area (Å²) in [7, 11) is 0. The fourth-order valence-corrected chi connectivity index (χ4v) is 8.99. The van der Waals surface area contributed by atoms with E-state index < -0.39 is 11.2 Å². The summed E-state index contributed by atoms with van der Waals surface area (Å²) in [6, 6.07) is 2.27. The lowest BCUT2D eigenvalue weighted by atomic mass is 9.41. The number of aliphatic hydroxyl groups is 2. The summed E-state index contributed by atoms with van der Waals surface area (Å²) in [4.78, 5) is 12.2. The van der Waals surface area contributed by atoms with Crippen LogP contribution in [0.15, 0.2) is 0 Å². The van der Waals surface area contributed by atoms with E-state index in [0.717, 1.165) is 32.1 Å². The van der Waals surface area contributed by atoms with Gasteiger partial charge in [-0.2, -0.15) is 5.26 Å². The maximum atomic E-state index is 12.2. The van der Waals surface area contributed by atoms with E-state index >= 15 is 0 Å². The topological polar surface area (TPSA) is 81.3 Å². The summed E-state index contributed by atoms with van der Waals surface area (Å²) in [5.41, 5.74) is -1.98. The molecule has 4 aliphatic carbocycles. The van der Waals surface area contributed by atoms with E-state index in [1.165, 1.54) is 0 Å². The third-order valence-electron chi connectivity index (χ3n) is 10.6. The molecular weight excluding hydrogens is 362 g/mol. The number of carbonyl (C=O) groups excluding carboxylic acids is 1. The van der Waals surface area contributed by atoms with E-state index in [0.29, 0.717) is 55.8 Å². The van der Waals surface area contributed by atoms with E-state index in [2.05, 4.69) is 33.8 Å². The van der Waals surface area contributed by atoms with Crippen LogP contribution >= 0.6 is 0 Å². The molecule has 7 unspecified atom stereocenters. The molecule has 162 valence electrons. The SMILES string of the molecule is CCC1CC2C3C(CCC2(C)[C@]1(O)CCC#N)C1(C)CCC(=O)CC1(O)C[C@@H]3C. The molecule has 0 aromatic heterocycles. The van der Waals surface area contributed by atoms with E-state index in [-0.39, 0.29) is 22.5 Å². The Hall–Kier alpha value is -0.920. The molecule has 0 amide bonds. The zero-order valence-corrected chi connectivity index (χ0v) is 18.7. The summed E-state index contributed by atoms with van der Waals surface area (Å²) in [5, 5.41) is 32.8. The van der Waals surface area contributed by atoms with Gasteiger partial charge in [0.05, 0.1) is 17.3 Å². The normalized spacial score (nSPS) is 54.2. The predicted octanol–water partition coefficient (Wildman–Crippen LogP) is 4.63. The second-order valence-corrected chi connectivity index (χ2v) is 11.5. The average Bonchev–Trinajstić information content (AvgIpc) is 2.89. The molecule has 4 heteroatoms. The van der Waals surface area contributed by atoms with Gasteiger partial charge >= 0.3 is 0 Å². The monoisotopic (exact) mass is 401 g/mol. The van der Waals surface area contributed by atoms with Gasteiger partial charge < -0.3 is 10.2 Å². The quantitative estimate of drug-likeness (QED) is 0.722. The third kappa shape index (κ3) is 2.66. The lowest BCUT2D eigenvalue weighted by Crippen LogP contribution is -2.65. The smallest absolute Gasteiger partial charge is 0.135 e. The molecule has 0 aromatic carbocycles. The van der Waals surface area contributed by atoms with Crippen LogP contribution in [0.1, 0.15) is 91.9 Å². The molecule has 4 saturated carbocycles. The molecule has 0 heterocycles. The number of Topliss-reactive ketones (excluding diaryl/α,β-unsaturated/α-hetero) is 1. The molecule has 0 saturated heterocycles. The van der Waals surface area contributed by atoms with Crippen LogP contribution in [-0.2, 0) is 4.79 Å². The van der Waals surface area contributed by atoms with Crippen molar-refractivity contribution in [2.24, 2.45) is 40.4 Å². The minimum absolute atomic E-state index is 0.156. The van der Waals surface area contributed by atoms with Crippen LogP contribution in [0.25, 0.3) is 0 Å². The van der Waals surface area contributed by atoms with Crippen LogP contribution < -0.4 is 0 Å². The lowest BCUT2D eigenvalue weighted by molar-refractivity contribution is -0.228. The van der Waals surface area contributed by atoms with Gasteiger partial charge in [-0.05, 0) is 73.5 Å². The maximum Gasteiger partial charge on any atom is 0.135 e. The van der Waals surface area contributed by atoms with Crippen molar-refractivity contribution in [2.75, 3.05) is 0 Å². The van der Waals surface area contributed by atoms with Gasteiger partial charge in [-0.15, -0.1) is 0 Å². The molecule has 29 heavy (non-hydrogen) atoms. The zero-order chi connectivity index (χ0) is 21.2. The Morgan fingerprint density at radius 1 is 1.17 bits per heavy atom. The van der Waals surface area contributed by atoms with Gasteiger partial charge in [0.2, 0.25) is 0 Å². The Balaban J connectivity index is 1.72. The minimum Gasteiger partial charge on any atom is -0.389 e. The van der Waals surface area contributed by atoms with Gasteiger partial charge in [0.15, 0.2) is 0 Å². The number of ketones is 1. The highest BCUT2D eigenvalue weighted by atomic mass is 16.3. The van der Waals surface area contributed by atoms with Gasteiger partial charge in [-0.25, -0.2) is 0 Å². The second-order valence-electron chi connectivity index (χ2n) is 11.5. The van der Waals surface area contributed by atoms with Crippen molar-refractivity contribution in [1.29, 1.82) is 5.26 Å². The fourth-order valence-electron chi connectivity index (χ4n) is 8.99. The number of carbonyl (C=O) groups is 1. The molecular formula is C25H39NO3. The molecule has 9 atom stereocenters.